The molecule has 26 heavy (non-hydrogen) atoms. The van der Waals surface area contributed by atoms with Crippen molar-refractivity contribution in [1.29, 1.82) is 0 Å². The third kappa shape index (κ3) is 2.65. The SMILES string of the molecule is CCCc1nc2nc(-c3ccccc3)cc(C(F)(F)F)c2c2nnnn12. The largest absolute Gasteiger partial charge is 0.417 e. The first kappa shape index (κ1) is 16.4. The second-order valence-corrected chi connectivity index (χ2v) is 5.81. The van der Waals surface area contributed by atoms with Crippen LogP contribution in [0.2, 0.25) is 0 Å². The maximum atomic E-state index is 13.8. The number of tetrazole rings is 1. The Kier molecular flexibility index (Phi) is 3.78. The van der Waals surface area contributed by atoms with Crippen LogP contribution < -0.4 is 0 Å². The highest BCUT2D eigenvalue weighted by Crippen LogP contribution is 2.37. The summed E-state index contributed by atoms with van der Waals surface area (Å²) in [5.41, 5.74) is -0.0607. The Balaban J connectivity index is 2.12. The fourth-order valence-corrected chi connectivity index (χ4v) is 2.89. The minimum atomic E-state index is -4.59. The van der Waals surface area contributed by atoms with E-state index < -0.39 is 11.7 Å². The van der Waals surface area contributed by atoms with Gasteiger partial charge in [0.05, 0.1) is 16.6 Å². The van der Waals surface area contributed by atoms with Crippen molar-refractivity contribution in [3.05, 3.63) is 47.8 Å². The fraction of sp³-hybridized carbons (Fsp3) is 0.235. The third-order valence-electron chi connectivity index (χ3n) is 4.02. The van der Waals surface area contributed by atoms with E-state index in [2.05, 4.69) is 25.5 Å². The lowest BCUT2D eigenvalue weighted by Crippen LogP contribution is -2.11. The average Bonchev–Trinajstić information content (AvgIpc) is 3.11. The molecule has 0 aliphatic carbocycles. The Labute approximate surface area is 145 Å². The Morgan fingerprint density at radius 3 is 2.54 bits per heavy atom. The number of hydrogen-bond donors (Lipinski definition) is 0. The van der Waals surface area contributed by atoms with Crippen LogP contribution in [-0.4, -0.2) is 30.0 Å². The summed E-state index contributed by atoms with van der Waals surface area (Å²) < 4.78 is 42.5. The fourth-order valence-electron chi connectivity index (χ4n) is 2.89. The van der Waals surface area contributed by atoms with Gasteiger partial charge in [-0.25, -0.2) is 9.97 Å². The molecule has 4 rings (SSSR count). The van der Waals surface area contributed by atoms with Crippen molar-refractivity contribution in [3.63, 3.8) is 0 Å². The molecule has 0 fully saturated rings. The van der Waals surface area contributed by atoms with E-state index in [1.165, 1.54) is 4.52 Å². The molecule has 0 radical (unpaired) electrons. The molecule has 0 spiro atoms. The monoisotopic (exact) mass is 358 g/mol. The Bertz CT molecular complexity index is 1090. The lowest BCUT2D eigenvalue weighted by atomic mass is 10.1. The second kappa shape index (κ2) is 6.01. The zero-order chi connectivity index (χ0) is 18.3. The summed E-state index contributed by atoms with van der Waals surface area (Å²) in [5, 5.41) is 10.9. The molecule has 0 atom stereocenters. The minimum absolute atomic E-state index is 0.00979. The Hall–Kier alpha value is -3.10. The van der Waals surface area contributed by atoms with Crippen LogP contribution in [0.1, 0.15) is 24.7 Å². The van der Waals surface area contributed by atoms with Gasteiger partial charge in [-0.3, -0.25) is 0 Å². The smallest absolute Gasteiger partial charge is 0.228 e. The molecule has 0 saturated carbocycles. The van der Waals surface area contributed by atoms with Gasteiger partial charge >= 0.3 is 6.18 Å². The normalized spacial score (nSPS) is 12.2. The van der Waals surface area contributed by atoms with Gasteiger partial charge in [0.2, 0.25) is 0 Å². The summed E-state index contributed by atoms with van der Waals surface area (Å²) in [6.07, 6.45) is -3.32. The van der Waals surface area contributed by atoms with Crippen LogP contribution in [0.3, 0.4) is 0 Å². The first-order valence-electron chi connectivity index (χ1n) is 8.03. The van der Waals surface area contributed by atoms with E-state index in [4.69, 9.17) is 0 Å². The first-order valence-corrected chi connectivity index (χ1v) is 8.03. The molecule has 0 N–H and O–H groups in total. The quantitative estimate of drug-likeness (QED) is 0.558. The van der Waals surface area contributed by atoms with Crippen molar-refractivity contribution in [2.45, 2.75) is 25.9 Å². The molecule has 1 aromatic carbocycles. The summed E-state index contributed by atoms with van der Waals surface area (Å²) in [7, 11) is 0. The lowest BCUT2D eigenvalue weighted by molar-refractivity contribution is -0.136. The van der Waals surface area contributed by atoms with Crippen LogP contribution in [0.5, 0.6) is 0 Å². The number of fused-ring (bicyclic) bond motifs is 3. The second-order valence-electron chi connectivity index (χ2n) is 5.81. The molecule has 132 valence electrons. The predicted molar refractivity (Wildman–Crippen MR) is 88.3 cm³/mol. The number of aryl methyl sites for hydroxylation is 1. The molecule has 0 aliphatic rings. The Morgan fingerprint density at radius 2 is 1.85 bits per heavy atom. The summed E-state index contributed by atoms with van der Waals surface area (Å²) in [5.74, 6) is 0.478. The number of rotatable bonds is 3. The van der Waals surface area contributed by atoms with Crippen molar-refractivity contribution >= 4 is 16.7 Å². The number of halogens is 3. The zero-order valence-corrected chi connectivity index (χ0v) is 13.7. The van der Waals surface area contributed by atoms with E-state index in [-0.39, 0.29) is 22.4 Å². The van der Waals surface area contributed by atoms with Crippen molar-refractivity contribution in [2.75, 3.05) is 0 Å². The van der Waals surface area contributed by atoms with Crippen LogP contribution in [0.4, 0.5) is 13.2 Å². The topological polar surface area (TPSA) is 68.9 Å². The van der Waals surface area contributed by atoms with Gasteiger partial charge in [0.1, 0.15) is 5.82 Å². The maximum Gasteiger partial charge on any atom is 0.417 e. The number of benzene rings is 1. The molecule has 0 unspecified atom stereocenters. The van der Waals surface area contributed by atoms with Crippen LogP contribution >= 0.6 is 0 Å². The number of alkyl halides is 3. The van der Waals surface area contributed by atoms with Gasteiger partial charge in [-0.15, -0.1) is 5.10 Å². The van der Waals surface area contributed by atoms with E-state index in [0.717, 1.165) is 12.5 Å². The van der Waals surface area contributed by atoms with E-state index in [0.29, 0.717) is 17.8 Å². The molecular weight excluding hydrogens is 345 g/mol. The van der Waals surface area contributed by atoms with Crippen LogP contribution in [0.15, 0.2) is 36.4 Å². The molecule has 4 aromatic rings. The van der Waals surface area contributed by atoms with Gasteiger partial charge in [-0.1, -0.05) is 37.3 Å². The molecule has 0 saturated heterocycles. The standard InChI is InChI=1S/C17H13F3N6/c1-2-6-13-22-15-14(16-23-24-25-26(13)16)11(17(18,19)20)9-12(21-15)10-7-4-3-5-8-10/h3-5,7-9H,2,6H2,1H3. The number of aromatic nitrogens is 6. The molecule has 9 heteroatoms. The molecule has 0 amide bonds. The van der Waals surface area contributed by atoms with Crippen LogP contribution in [-0.2, 0) is 12.6 Å². The van der Waals surface area contributed by atoms with Crippen LogP contribution in [0, 0.1) is 0 Å². The van der Waals surface area contributed by atoms with Crippen molar-refractivity contribution < 1.29 is 13.2 Å². The maximum absolute atomic E-state index is 13.8. The molecule has 0 aliphatic heterocycles. The molecule has 6 nitrogen and oxygen atoms in total. The van der Waals surface area contributed by atoms with Crippen molar-refractivity contribution in [1.82, 2.24) is 30.0 Å². The van der Waals surface area contributed by atoms with E-state index in [1.807, 2.05) is 6.92 Å². The summed E-state index contributed by atoms with van der Waals surface area (Å²) in [6, 6.07) is 9.72. The van der Waals surface area contributed by atoms with E-state index in [9.17, 15) is 13.2 Å². The summed E-state index contributed by atoms with van der Waals surface area (Å²) in [6.45, 7) is 1.94. The minimum Gasteiger partial charge on any atom is -0.228 e. The number of hydrogen-bond acceptors (Lipinski definition) is 5. The van der Waals surface area contributed by atoms with Gasteiger partial charge in [-0.2, -0.15) is 17.7 Å². The van der Waals surface area contributed by atoms with Crippen LogP contribution in [0.25, 0.3) is 27.9 Å². The van der Waals surface area contributed by atoms with Gasteiger partial charge in [0.25, 0.3) is 0 Å². The van der Waals surface area contributed by atoms with Gasteiger partial charge in [0.15, 0.2) is 11.3 Å². The van der Waals surface area contributed by atoms with E-state index in [1.54, 1.807) is 30.3 Å². The van der Waals surface area contributed by atoms with Gasteiger partial charge in [0, 0.05) is 12.0 Å². The number of nitrogens with zero attached hydrogens (tertiary/aromatic N) is 6. The van der Waals surface area contributed by atoms with Gasteiger partial charge in [-0.05, 0) is 22.9 Å². The van der Waals surface area contributed by atoms with Crippen molar-refractivity contribution in [2.24, 2.45) is 0 Å². The molecule has 0 bridgehead atoms. The molecule has 3 heterocycles. The predicted octanol–water partition coefficient (Wildman–Crippen LogP) is 3.71. The zero-order valence-electron chi connectivity index (χ0n) is 13.7. The Morgan fingerprint density at radius 1 is 1.08 bits per heavy atom. The highest BCUT2D eigenvalue weighted by Gasteiger charge is 2.35. The average molecular weight is 358 g/mol. The summed E-state index contributed by atoms with van der Waals surface area (Å²) in [4.78, 5) is 8.71. The highest BCUT2D eigenvalue weighted by molar-refractivity contribution is 5.93. The van der Waals surface area contributed by atoms with E-state index >= 15 is 0 Å². The molecule has 3 aromatic heterocycles. The highest BCUT2D eigenvalue weighted by atomic mass is 19.4. The summed E-state index contributed by atoms with van der Waals surface area (Å²) >= 11 is 0. The number of pyridine rings is 1. The van der Waals surface area contributed by atoms with Crippen molar-refractivity contribution in [3.8, 4) is 11.3 Å². The lowest BCUT2D eigenvalue weighted by Gasteiger charge is -2.13. The molecular formula is C17H13F3N6. The van der Waals surface area contributed by atoms with Gasteiger partial charge < -0.3 is 0 Å². The first-order chi connectivity index (χ1) is 12.5. The third-order valence-corrected chi connectivity index (χ3v) is 4.02.